The highest BCUT2D eigenvalue weighted by atomic mass is 35.5. The molecule has 43 heavy (non-hydrogen) atoms. The average molecular weight is 623 g/mol. The Morgan fingerprint density at radius 3 is 2.44 bits per heavy atom. The molecule has 0 bridgehead atoms. The molecule has 4 aromatic rings. The van der Waals surface area contributed by atoms with Crippen LogP contribution in [-0.2, 0) is 37.2 Å². The van der Waals surface area contributed by atoms with Gasteiger partial charge in [0.05, 0.1) is 30.7 Å². The number of halogens is 2. The van der Waals surface area contributed by atoms with Gasteiger partial charge in [0.1, 0.15) is 24.2 Å². The maximum absolute atomic E-state index is 13.9. The molecule has 0 unspecified atom stereocenters. The van der Waals surface area contributed by atoms with E-state index in [9.17, 15) is 22.4 Å². The zero-order chi connectivity index (χ0) is 30.6. The number of hydrogen-bond donors (Lipinski definition) is 1. The molecule has 0 aromatic heterocycles. The standard InChI is InChI=1S/C32H28ClFN2O6S/c1-41-31(37)18-21-6-11-25(12-7-21)42-17-16-35-32(38)30-19-23-4-2-3-5-29(23)36(30)43(39,40)26-13-8-22(9-14-26)27-20-24(34)10-15-28(27)33/h2-15,20,30H,16-19H2,1H3,(H,35,38)/t30-/m0/s1. The van der Waals surface area contributed by atoms with Gasteiger partial charge in [-0.05, 0) is 65.2 Å². The Hall–Kier alpha value is -4.41. The molecule has 0 saturated heterocycles. The summed E-state index contributed by atoms with van der Waals surface area (Å²) in [7, 11) is -2.82. The summed E-state index contributed by atoms with van der Waals surface area (Å²) in [6.45, 7) is 0.297. The van der Waals surface area contributed by atoms with Crippen LogP contribution in [0.25, 0.3) is 11.1 Å². The highest BCUT2D eigenvalue weighted by Crippen LogP contribution is 2.37. The molecule has 0 saturated carbocycles. The fraction of sp³-hybridized carbons (Fsp3) is 0.188. The number of fused-ring (bicyclic) bond motifs is 1. The van der Waals surface area contributed by atoms with Crippen molar-refractivity contribution in [1.82, 2.24) is 5.32 Å². The number of carbonyl (C=O) groups excluding carboxylic acids is 2. The van der Waals surface area contributed by atoms with E-state index in [0.717, 1.165) is 15.4 Å². The number of hydrogen-bond acceptors (Lipinski definition) is 6. The second-order valence-electron chi connectivity index (χ2n) is 9.83. The van der Waals surface area contributed by atoms with Gasteiger partial charge in [0.25, 0.3) is 10.0 Å². The van der Waals surface area contributed by atoms with E-state index >= 15 is 0 Å². The molecule has 1 aliphatic rings. The minimum absolute atomic E-state index is 0.0164. The van der Waals surface area contributed by atoms with Crippen LogP contribution < -0.4 is 14.4 Å². The summed E-state index contributed by atoms with van der Waals surface area (Å²) >= 11 is 6.23. The predicted octanol–water partition coefficient (Wildman–Crippen LogP) is 5.18. The lowest BCUT2D eigenvalue weighted by Gasteiger charge is -2.26. The number of amides is 1. The number of nitrogens with one attached hydrogen (secondary N) is 1. The maximum Gasteiger partial charge on any atom is 0.309 e. The Kier molecular flexibility index (Phi) is 8.98. The van der Waals surface area contributed by atoms with E-state index < -0.39 is 27.8 Å². The van der Waals surface area contributed by atoms with Crippen LogP contribution in [-0.4, -0.2) is 46.6 Å². The van der Waals surface area contributed by atoms with Gasteiger partial charge in [-0.25, -0.2) is 12.8 Å². The van der Waals surface area contributed by atoms with Gasteiger partial charge >= 0.3 is 5.97 Å². The van der Waals surface area contributed by atoms with Crippen molar-refractivity contribution in [2.75, 3.05) is 24.6 Å². The first-order valence-corrected chi connectivity index (χ1v) is 15.2. The quantitative estimate of drug-likeness (QED) is 0.193. The van der Waals surface area contributed by atoms with Gasteiger partial charge in [-0.3, -0.25) is 13.9 Å². The Morgan fingerprint density at radius 2 is 1.72 bits per heavy atom. The van der Waals surface area contributed by atoms with Crippen LogP contribution in [0.15, 0.2) is 95.9 Å². The lowest BCUT2D eigenvalue weighted by atomic mass is 10.1. The molecule has 5 rings (SSSR count). The van der Waals surface area contributed by atoms with E-state index in [1.165, 1.54) is 37.4 Å². The summed E-state index contributed by atoms with van der Waals surface area (Å²) in [5.74, 6) is -0.701. The maximum atomic E-state index is 13.9. The highest BCUT2D eigenvalue weighted by molar-refractivity contribution is 7.93. The fourth-order valence-electron chi connectivity index (χ4n) is 4.90. The minimum Gasteiger partial charge on any atom is -0.492 e. The molecule has 1 N–H and O–H groups in total. The largest absolute Gasteiger partial charge is 0.492 e. The third-order valence-corrected chi connectivity index (χ3v) is 9.21. The van der Waals surface area contributed by atoms with Gasteiger partial charge in [-0.1, -0.05) is 54.1 Å². The number of benzene rings is 4. The second-order valence-corrected chi connectivity index (χ2v) is 12.1. The number of para-hydroxylation sites is 1. The van der Waals surface area contributed by atoms with E-state index in [2.05, 4.69) is 10.1 Å². The number of methoxy groups -OCH3 is 1. The number of carbonyl (C=O) groups is 2. The number of sulfonamides is 1. The molecule has 11 heteroatoms. The Labute approximate surface area is 254 Å². The van der Waals surface area contributed by atoms with E-state index in [-0.39, 0.29) is 36.9 Å². The average Bonchev–Trinajstić information content (AvgIpc) is 3.42. The zero-order valence-corrected chi connectivity index (χ0v) is 24.7. The van der Waals surface area contributed by atoms with E-state index in [1.807, 2.05) is 0 Å². The normalized spacial score (nSPS) is 14.2. The van der Waals surface area contributed by atoms with Crippen LogP contribution in [0.4, 0.5) is 10.1 Å². The van der Waals surface area contributed by atoms with Crippen molar-refractivity contribution in [3.8, 4) is 16.9 Å². The number of anilines is 1. The molecule has 1 aliphatic heterocycles. The Bertz CT molecular complexity index is 1750. The van der Waals surface area contributed by atoms with Crippen molar-refractivity contribution in [2.45, 2.75) is 23.8 Å². The molecule has 0 radical (unpaired) electrons. The van der Waals surface area contributed by atoms with Crippen molar-refractivity contribution in [3.05, 3.63) is 113 Å². The second kappa shape index (κ2) is 12.8. The summed E-state index contributed by atoms with van der Waals surface area (Å²) < 4.78 is 53.2. The molecule has 0 aliphatic carbocycles. The zero-order valence-electron chi connectivity index (χ0n) is 23.1. The molecule has 1 amide bonds. The molecule has 0 spiro atoms. The van der Waals surface area contributed by atoms with Crippen molar-refractivity contribution in [1.29, 1.82) is 0 Å². The highest BCUT2D eigenvalue weighted by Gasteiger charge is 2.42. The van der Waals surface area contributed by atoms with Crippen LogP contribution in [0, 0.1) is 5.82 Å². The minimum atomic E-state index is -4.15. The SMILES string of the molecule is COC(=O)Cc1ccc(OCCNC(=O)[C@@H]2Cc3ccccc3N2S(=O)(=O)c2ccc(-c3cc(F)ccc3Cl)cc2)cc1. The first-order chi connectivity index (χ1) is 20.7. The van der Waals surface area contributed by atoms with Crippen molar-refractivity contribution < 1.29 is 31.9 Å². The third kappa shape index (κ3) is 6.65. The topological polar surface area (TPSA) is 102 Å². The molecular formula is C32H28ClFN2O6S. The fourth-order valence-corrected chi connectivity index (χ4v) is 6.77. The number of esters is 1. The summed E-state index contributed by atoms with van der Waals surface area (Å²) in [4.78, 5) is 24.7. The van der Waals surface area contributed by atoms with E-state index in [0.29, 0.717) is 27.6 Å². The van der Waals surface area contributed by atoms with E-state index in [1.54, 1.807) is 60.7 Å². The Morgan fingerprint density at radius 1 is 1.00 bits per heavy atom. The van der Waals surface area contributed by atoms with Crippen LogP contribution in [0.2, 0.25) is 5.02 Å². The molecule has 4 aromatic carbocycles. The number of rotatable bonds is 10. The summed E-state index contributed by atoms with van der Waals surface area (Å²) in [6, 6.07) is 22.9. The van der Waals surface area contributed by atoms with Gasteiger partial charge in [-0.15, -0.1) is 0 Å². The van der Waals surface area contributed by atoms with Crippen molar-refractivity contribution in [2.24, 2.45) is 0 Å². The van der Waals surface area contributed by atoms with E-state index in [4.69, 9.17) is 16.3 Å². The van der Waals surface area contributed by atoms with Crippen LogP contribution >= 0.6 is 11.6 Å². The molecule has 222 valence electrons. The Balaban J connectivity index is 1.28. The van der Waals surface area contributed by atoms with Gasteiger partial charge in [0.15, 0.2) is 0 Å². The monoisotopic (exact) mass is 622 g/mol. The van der Waals surface area contributed by atoms with Crippen LogP contribution in [0.5, 0.6) is 5.75 Å². The first kappa shape index (κ1) is 30.1. The smallest absolute Gasteiger partial charge is 0.309 e. The summed E-state index contributed by atoms with van der Waals surface area (Å²) in [6.07, 6.45) is 0.363. The third-order valence-electron chi connectivity index (χ3n) is 7.05. The molecule has 1 heterocycles. The molecular weight excluding hydrogens is 595 g/mol. The number of nitrogens with zero attached hydrogens (tertiary/aromatic N) is 1. The summed E-state index contributed by atoms with van der Waals surface area (Å²) in [5, 5.41) is 3.12. The van der Waals surface area contributed by atoms with Gasteiger partial charge < -0.3 is 14.8 Å². The molecule has 8 nitrogen and oxygen atoms in total. The van der Waals surface area contributed by atoms with Gasteiger partial charge in [0, 0.05) is 17.0 Å². The van der Waals surface area contributed by atoms with Crippen molar-refractivity contribution in [3.63, 3.8) is 0 Å². The molecule has 0 fully saturated rings. The van der Waals surface area contributed by atoms with Crippen molar-refractivity contribution >= 4 is 39.2 Å². The van der Waals surface area contributed by atoms with Crippen LogP contribution in [0.3, 0.4) is 0 Å². The lowest BCUT2D eigenvalue weighted by molar-refractivity contribution is -0.139. The lowest BCUT2D eigenvalue weighted by Crippen LogP contribution is -2.48. The predicted molar refractivity (Wildman–Crippen MR) is 161 cm³/mol. The summed E-state index contributed by atoms with van der Waals surface area (Å²) in [5.41, 5.74) is 2.94. The van der Waals surface area contributed by atoms with Gasteiger partial charge in [-0.2, -0.15) is 0 Å². The van der Waals surface area contributed by atoms with Gasteiger partial charge in [0.2, 0.25) is 5.91 Å². The molecule has 1 atom stereocenters. The number of ether oxygens (including phenoxy) is 2. The van der Waals surface area contributed by atoms with Crippen LogP contribution in [0.1, 0.15) is 11.1 Å². The first-order valence-electron chi connectivity index (χ1n) is 13.4.